The number of hydrogen-bond acceptors (Lipinski definition) is 3. The van der Waals surface area contributed by atoms with E-state index < -0.39 is 0 Å². The Kier molecular flexibility index (Phi) is 3.34. The van der Waals surface area contributed by atoms with Gasteiger partial charge < -0.3 is 15.3 Å². The molecule has 4 heteroatoms. The molecule has 4 nitrogen and oxygen atoms in total. The second-order valence-electron chi connectivity index (χ2n) is 3.16. The Labute approximate surface area is 83.2 Å². The molecule has 0 unspecified atom stereocenters. The van der Waals surface area contributed by atoms with Gasteiger partial charge in [0.1, 0.15) is 5.75 Å². The van der Waals surface area contributed by atoms with Crippen LogP contribution < -0.4 is 5.32 Å². The Balaban J connectivity index is 2.54. The molecular formula is C10H14N2O2. The maximum absolute atomic E-state index is 11.2. The molecule has 0 heterocycles. The highest BCUT2D eigenvalue weighted by Gasteiger charge is 2.04. The summed E-state index contributed by atoms with van der Waals surface area (Å²) >= 11 is 0. The number of phenolic OH excluding ortho intramolecular Hbond substituents is 1. The van der Waals surface area contributed by atoms with Gasteiger partial charge in [-0.3, -0.25) is 4.79 Å². The Morgan fingerprint density at radius 1 is 1.43 bits per heavy atom. The van der Waals surface area contributed by atoms with Gasteiger partial charge in [-0.25, -0.2) is 0 Å². The Morgan fingerprint density at radius 3 is 2.64 bits per heavy atom. The third-order valence-corrected chi connectivity index (χ3v) is 1.83. The number of carbonyl (C=O) groups is 1. The molecule has 0 bridgehead atoms. The molecule has 0 saturated carbocycles. The summed E-state index contributed by atoms with van der Waals surface area (Å²) in [6.45, 7) is 0.185. The molecule has 2 N–H and O–H groups in total. The number of hydrogen-bond donors (Lipinski definition) is 2. The molecule has 1 aromatic carbocycles. The van der Waals surface area contributed by atoms with Gasteiger partial charge in [-0.2, -0.15) is 0 Å². The van der Waals surface area contributed by atoms with E-state index in [1.807, 2.05) is 0 Å². The summed E-state index contributed by atoms with van der Waals surface area (Å²) in [6.07, 6.45) is 0. The Hall–Kier alpha value is -1.71. The number of likely N-dealkylation sites (N-methyl/N-ethyl adjacent to an activating group) is 1. The first-order valence-corrected chi connectivity index (χ1v) is 4.33. The Morgan fingerprint density at radius 2 is 2.07 bits per heavy atom. The second-order valence-corrected chi connectivity index (χ2v) is 3.16. The molecule has 1 amide bonds. The van der Waals surface area contributed by atoms with E-state index in [1.54, 1.807) is 38.4 Å². The van der Waals surface area contributed by atoms with Crippen LogP contribution in [0, 0.1) is 0 Å². The largest absolute Gasteiger partial charge is 0.506 e. The quantitative estimate of drug-likeness (QED) is 0.703. The average Bonchev–Trinajstić information content (AvgIpc) is 2.16. The molecule has 0 atom stereocenters. The summed E-state index contributed by atoms with van der Waals surface area (Å²) in [6, 6.07) is 6.82. The maximum Gasteiger partial charge on any atom is 0.241 e. The SMILES string of the molecule is CN(C)C(=O)CNc1ccccc1O. The fourth-order valence-corrected chi connectivity index (χ4v) is 0.952. The lowest BCUT2D eigenvalue weighted by atomic mass is 10.3. The first kappa shape index (κ1) is 10.4. The molecule has 1 rings (SSSR count). The standard InChI is InChI=1S/C10H14N2O2/c1-12(2)10(14)7-11-8-5-3-4-6-9(8)13/h3-6,11,13H,7H2,1-2H3. The van der Waals surface area contributed by atoms with Gasteiger partial charge in [0, 0.05) is 14.1 Å². The van der Waals surface area contributed by atoms with E-state index in [9.17, 15) is 9.90 Å². The van der Waals surface area contributed by atoms with Gasteiger partial charge in [0.2, 0.25) is 5.91 Å². The minimum Gasteiger partial charge on any atom is -0.506 e. The molecule has 0 radical (unpaired) electrons. The van der Waals surface area contributed by atoms with E-state index in [4.69, 9.17) is 0 Å². The Bertz CT molecular complexity index is 324. The number of anilines is 1. The van der Waals surface area contributed by atoms with E-state index in [2.05, 4.69) is 5.32 Å². The number of para-hydroxylation sites is 2. The number of aromatic hydroxyl groups is 1. The molecule has 76 valence electrons. The molecule has 0 aliphatic carbocycles. The van der Waals surface area contributed by atoms with Crippen molar-refractivity contribution in [2.75, 3.05) is 26.0 Å². The van der Waals surface area contributed by atoms with Crippen molar-refractivity contribution in [2.24, 2.45) is 0 Å². The minimum absolute atomic E-state index is 0.0340. The highest BCUT2D eigenvalue weighted by molar-refractivity contribution is 5.80. The van der Waals surface area contributed by atoms with Crippen LogP contribution in [0.3, 0.4) is 0 Å². The molecule has 1 aromatic rings. The van der Waals surface area contributed by atoms with E-state index in [0.717, 1.165) is 0 Å². The van der Waals surface area contributed by atoms with E-state index >= 15 is 0 Å². The first-order valence-electron chi connectivity index (χ1n) is 4.33. The van der Waals surface area contributed by atoms with Crippen molar-refractivity contribution in [2.45, 2.75) is 0 Å². The van der Waals surface area contributed by atoms with Crippen molar-refractivity contribution in [3.63, 3.8) is 0 Å². The van der Waals surface area contributed by atoms with Gasteiger partial charge in [0.15, 0.2) is 0 Å². The zero-order valence-corrected chi connectivity index (χ0v) is 8.32. The van der Waals surface area contributed by atoms with Crippen molar-refractivity contribution in [1.29, 1.82) is 0 Å². The first-order chi connectivity index (χ1) is 6.61. The topological polar surface area (TPSA) is 52.6 Å². The highest BCUT2D eigenvalue weighted by atomic mass is 16.3. The number of phenols is 1. The normalized spacial score (nSPS) is 9.57. The van der Waals surface area contributed by atoms with Crippen molar-refractivity contribution in [1.82, 2.24) is 4.90 Å². The molecule has 0 aliphatic heterocycles. The van der Waals surface area contributed by atoms with Crippen LogP contribution in [-0.4, -0.2) is 36.6 Å². The fraction of sp³-hybridized carbons (Fsp3) is 0.300. The summed E-state index contributed by atoms with van der Waals surface area (Å²) in [5.74, 6) is 0.118. The van der Waals surface area contributed by atoms with Crippen molar-refractivity contribution >= 4 is 11.6 Å². The van der Waals surface area contributed by atoms with E-state index in [0.29, 0.717) is 5.69 Å². The minimum atomic E-state index is -0.0340. The lowest BCUT2D eigenvalue weighted by molar-refractivity contribution is -0.126. The van der Waals surface area contributed by atoms with Crippen LogP contribution >= 0.6 is 0 Å². The number of nitrogens with one attached hydrogen (secondary N) is 1. The molecule has 0 aromatic heterocycles. The van der Waals surface area contributed by atoms with Gasteiger partial charge in [-0.05, 0) is 12.1 Å². The monoisotopic (exact) mass is 194 g/mol. The predicted molar refractivity (Wildman–Crippen MR) is 55.3 cm³/mol. The van der Waals surface area contributed by atoms with Gasteiger partial charge >= 0.3 is 0 Å². The summed E-state index contributed by atoms with van der Waals surface area (Å²) in [4.78, 5) is 12.7. The average molecular weight is 194 g/mol. The number of amides is 1. The highest BCUT2D eigenvalue weighted by Crippen LogP contribution is 2.20. The summed E-state index contributed by atoms with van der Waals surface area (Å²) in [5.41, 5.74) is 0.572. The van der Waals surface area contributed by atoms with E-state index in [1.165, 1.54) is 4.90 Å². The van der Waals surface area contributed by atoms with Crippen LogP contribution in [0.1, 0.15) is 0 Å². The summed E-state index contributed by atoms with van der Waals surface area (Å²) in [5, 5.41) is 12.2. The van der Waals surface area contributed by atoms with Crippen molar-refractivity contribution < 1.29 is 9.90 Å². The maximum atomic E-state index is 11.2. The third kappa shape index (κ3) is 2.65. The van der Waals surface area contributed by atoms with Gasteiger partial charge in [0.25, 0.3) is 0 Å². The molecular weight excluding hydrogens is 180 g/mol. The number of rotatable bonds is 3. The zero-order valence-electron chi connectivity index (χ0n) is 8.32. The van der Waals surface area contributed by atoms with Crippen molar-refractivity contribution in [3.8, 4) is 5.75 Å². The van der Waals surface area contributed by atoms with Gasteiger partial charge in [0.05, 0.1) is 12.2 Å². The van der Waals surface area contributed by atoms with Crippen LogP contribution in [0.4, 0.5) is 5.69 Å². The smallest absolute Gasteiger partial charge is 0.241 e. The van der Waals surface area contributed by atoms with Crippen LogP contribution in [0.25, 0.3) is 0 Å². The van der Waals surface area contributed by atoms with Crippen molar-refractivity contribution in [3.05, 3.63) is 24.3 Å². The second kappa shape index (κ2) is 4.50. The van der Waals surface area contributed by atoms with Crippen LogP contribution in [0.15, 0.2) is 24.3 Å². The summed E-state index contributed by atoms with van der Waals surface area (Å²) < 4.78 is 0. The summed E-state index contributed by atoms with van der Waals surface area (Å²) in [7, 11) is 3.38. The molecule has 14 heavy (non-hydrogen) atoms. The molecule has 0 fully saturated rings. The lowest BCUT2D eigenvalue weighted by Gasteiger charge is -2.12. The lowest BCUT2D eigenvalue weighted by Crippen LogP contribution is -2.28. The number of benzene rings is 1. The van der Waals surface area contributed by atoms with Crippen LogP contribution in [-0.2, 0) is 4.79 Å². The van der Waals surface area contributed by atoms with Gasteiger partial charge in [-0.1, -0.05) is 12.1 Å². The number of carbonyl (C=O) groups excluding carboxylic acids is 1. The third-order valence-electron chi connectivity index (χ3n) is 1.83. The number of nitrogens with zero attached hydrogens (tertiary/aromatic N) is 1. The fourth-order valence-electron chi connectivity index (χ4n) is 0.952. The predicted octanol–water partition coefficient (Wildman–Crippen LogP) is 0.892. The zero-order chi connectivity index (χ0) is 10.6. The van der Waals surface area contributed by atoms with E-state index in [-0.39, 0.29) is 18.2 Å². The van der Waals surface area contributed by atoms with Crippen LogP contribution in [0.5, 0.6) is 5.75 Å². The van der Waals surface area contributed by atoms with Crippen LogP contribution in [0.2, 0.25) is 0 Å². The molecule has 0 saturated heterocycles. The van der Waals surface area contributed by atoms with Gasteiger partial charge in [-0.15, -0.1) is 0 Å². The molecule has 0 spiro atoms. The molecule has 0 aliphatic rings.